The quantitative estimate of drug-likeness (QED) is 0.350. The summed E-state index contributed by atoms with van der Waals surface area (Å²) < 4.78 is 7.88. The molecule has 3 aromatic rings. The maximum atomic E-state index is 12.7. The number of aromatic amines is 1. The molecule has 178 valence electrons. The highest BCUT2D eigenvalue weighted by Crippen LogP contribution is 2.21. The summed E-state index contributed by atoms with van der Waals surface area (Å²) in [5.74, 6) is -0.658. The molecule has 12 nitrogen and oxygen atoms in total. The molecular weight excluding hydrogens is 432 g/mol. The fraction of sp³-hybridized carbons (Fsp3) is 0.381. The van der Waals surface area contributed by atoms with Gasteiger partial charge in [-0.05, 0) is 37.1 Å². The average molecular weight is 460 g/mol. The molecule has 0 atom stereocenters. The molecule has 0 aliphatic rings. The van der Waals surface area contributed by atoms with Crippen LogP contribution in [0.4, 0.5) is 0 Å². The highest BCUT2D eigenvalue weighted by molar-refractivity contribution is 5.76. The van der Waals surface area contributed by atoms with E-state index in [0.29, 0.717) is 47.8 Å². The van der Waals surface area contributed by atoms with E-state index in [1.54, 1.807) is 24.3 Å². The van der Waals surface area contributed by atoms with Crippen LogP contribution in [0.15, 0.2) is 33.9 Å². The first kappa shape index (κ1) is 25.3. The summed E-state index contributed by atoms with van der Waals surface area (Å²) in [7, 11) is 0. The number of nitrogens with one attached hydrogen (secondary N) is 1. The molecule has 1 aromatic carbocycles. The Morgan fingerprint density at radius 3 is 2.18 bits per heavy atom. The van der Waals surface area contributed by atoms with Crippen molar-refractivity contribution in [3.05, 3.63) is 45.1 Å². The fourth-order valence-electron chi connectivity index (χ4n) is 3.00. The number of amides is 1. The highest BCUT2D eigenvalue weighted by atomic mass is 16.5. The Bertz CT molecular complexity index is 1230. The number of nitrogens with two attached hydrogens (primary N) is 2. The van der Waals surface area contributed by atoms with Gasteiger partial charge in [0.1, 0.15) is 17.1 Å². The minimum absolute atomic E-state index is 0.0556. The second-order valence-electron chi connectivity index (χ2n) is 7.05. The number of benzene rings is 1. The lowest BCUT2D eigenvalue weighted by molar-refractivity contribution is -0.139. The Hall–Kier alpha value is -3.93. The number of primary amides is 1. The van der Waals surface area contributed by atoms with Gasteiger partial charge in [-0.2, -0.15) is 0 Å². The Morgan fingerprint density at radius 1 is 1.09 bits per heavy atom. The molecule has 0 saturated heterocycles. The molecular formula is C21H28N6O6. The molecule has 2 heterocycles. The number of aromatic nitrogens is 4. The predicted molar refractivity (Wildman–Crippen MR) is 122 cm³/mol. The fourth-order valence-corrected chi connectivity index (χ4v) is 3.00. The van der Waals surface area contributed by atoms with Crippen LogP contribution < -0.4 is 27.5 Å². The summed E-state index contributed by atoms with van der Waals surface area (Å²) >= 11 is 0. The van der Waals surface area contributed by atoms with Crippen molar-refractivity contribution >= 4 is 23.0 Å². The second kappa shape index (κ2) is 11.6. The summed E-state index contributed by atoms with van der Waals surface area (Å²) in [5.41, 5.74) is 9.82. The summed E-state index contributed by atoms with van der Waals surface area (Å²) in [6.45, 7) is 4.20. The predicted octanol–water partition coefficient (Wildman–Crippen LogP) is 0.267. The largest absolute Gasteiger partial charge is 0.482 e. The number of H-pyrrole nitrogens is 1. The van der Waals surface area contributed by atoms with Crippen LogP contribution in [0, 0.1) is 0 Å². The molecule has 1 amide bonds. The molecule has 6 N–H and O–H groups in total. The molecule has 2 aromatic heterocycles. The lowest BCUT2D eigenvalue weighted by atomic mass is 10.2. The van der Waals surface area contributed by atoms with E-state index in [1.165, 1.54) is 9.13 Å². The van der Waals surface area contributed by atoms with Gasteiger partial charge in [-0.25, -0.2) is 14.6 Å². The molecule has 12 heteroatoms. The monoisotopic (exact) mass is 460 g/mol. The standard InChI is InChI=1S/C19H22N4O5.C2H6N2O/c1-3-9-22-17-15(18(26)23(10-4-2)19(22)27)20-16(21-17)12-5-7-13(8-6-12)28-11-14(24)25;3-1-2(4)5/h5-8H,3-4,9-11H2,1-2H3,(H,20,21)(H,24,25);1,3H2,(H2,4,5). The van der Waals surface area contributed by atoms with Crippen LogP contribution in [0.1, 0.15) is 26.7 Å². The van der Waals surface area contributed by atoms with E-state index in [9.17, 15) is 19.2 Å². The van der Waals surface area contributed by atoms with Crippen molar-refractivity contribution in [3.63, 3.8) is 0 Å². The van der Waals surface area contributed by atoms with Gasteiger partial charge in [-0.3, -0.25) is 18.7 Å². The number of rotatable bonds is 9. The maximum absolute atomic E-state index is 12.7. The van der Waals surface area contributed by atoms with Gasteiger partial charge < -0.3 is 26.3 Å². The zero-order valence-corrected chi connectivity index (χ0v) is 18.5. The normalized spacial score (nSPS) is 10.5. The van der Waals surface area contributed by atoms with Gasteiger partial charge in [0.15, 0.2) is 12.3 Å². The summed E-state index contributed by atoms with van der Waals surface area (Å²) in [6, 6.07) is 6.67. The minimum atomic E-state index is -1.06. The summed E-state index contributed by atoms with van der Waals surface area (Å²) in [5, 5.41) is 8.67. The number of carbonyl (C=O) groups is 2. The van der Waals surface area contributed by atoms with E-state index in [1.807, 2.05) is 13.8 Å². The van der Waals surface area contributed by atoms with E-state index in [-0.39, 0.29) is 17.8 Å². The highest BCUT2D eigenvalue weighted by Gasteiger charge is 2.17. The molecule has 0 spiro atoms. The van der Waals surface area contributed by atoms with Crippen LogP contribution >= 0.6 is 0 Å². The van der Waals surface area contributed by atoms with Crippen LogP contribution in [0.25, 0.3) is 22.6 Å². The third-order valence-electron chi connectivity index (χ3n) is 4.45. The smallest absolute Gasteiger partial charge is 0.341 e. The number of carboxylic acids is 1. The van der Waals surface area contributed by atoms with Gasteiger partial charge >= 0.3 is 11.7 Å². The Morgan fingerprint density at radius 2 is 1.67 bits per heavy atom. The molecule has 33 heavy (non-hydrogen) atoms. The number of hydrogen-bond donors (Lipinski definition) is 4. The first-order valence-corrected chi connectivity index (χ1v) is 10.4. The van der Waals surface area contributed by atoms with Crippen molar-refractivity contribution in [1.29, 1.82) is 0 Å². The number of fused-ring (bicyclic) bond motifs is 1. The summed E-state index contributed by atoms with van der Waals surface area (Å²) in [4.78, 5) is 53.0. The van der Waals surface area contributed by atoms with E-state index in [2.05, 4.69) is 15.7 Å². The van der Waals surface area contributed by atoms with E-state index >= 15 is 0 Å². The maximum Gasteiger partial charge on any atom is 0.341 e. The van der Waals surface area contributed by atoms with Crippen molar-refractivity contribution in [2.24, 2.45) is 11.5 Å². The Labute approximate surface area is 188 Å². The van der Waals surface area contributed by atoms with Gasteiger partial charge in [0.05, 0.1) is 6.54 Å². The van der Waals surface area contributed by atoms with Crippen LogP contribution in [-0.2, 0) is 22.7 Å². The lowest BCUT2D eigenvalue weighted by Gasteiger charge is -2.09. The van der Waals surface area contributed by atoms with Crippen molar-refractivity contribution < 1.29 is 19.4 Å². The van der Waals surface area contributed by atoms with Crippen LogP contribution in [0.2, 0.25) is 0 Å². The molecule has 0 radical (unpaired) electrons. The van der Waals surface area contributed by atoms with Gasteiger partial charge in [0.25, 0.3) is 5.56 Å². The first-order valence-electron chi connectivity index (χ1n) is 10.4. The van der Waals surface area contributed by atoms with Crippen molar-refractivity contribution in [2.75, 3.05) is 13.2 Å². The van der Waals surface area contributed by atoms with Crippen molar-refractivity contribution in [3.8, 4) is 17.1 Å². The zero-order chi connectivity index (χ0) is 24.5. The average Bonchev–Trinajstić information content (AvgIpc) is 3.24. The number of aliphatic carboxylic acids is 1. The molecule has 0 saturated carbocycles. The molecule has 0 unspecified atom stereocenters. The Balaban J connectivity index is 0.000000696. The number of nitrogens with zero attached hydrogens (tertiary/aromatic N) is 3. The van der Waals surface area contributed by atoms with Crippen LogP contribution in [0.5, 0.6) is 5.75 Å². The number of imidazole rings is 1. The van der Waals surface area contributed by atoms with Crippen molar-refractivity contribution in [2.45, 2.75) is 39.8 Å². The van der Waals surface area contributed by atoms with Gasteiger partial charge in [0, 0.05) is 18.7 Å². The van der Waals surface area contributed by atoms with E-state index in [4.69, 9.17) is 15.6 Å². The van der Waals surface area contributed by atoms with Crippen LogP contribution in [0.3, 0.4) is 0 Å². The van der Waals surface area contributed by atoms with Gasteiger partial charge in [0.2, 0.25) is 5.91 Å². The molecule has 3 rings (SSSR count). The van der Waals surface area contributed by atoms with Gasteiger partial charge in [-0.1, -0.05) is 13.8 Å². The third-order valence-corrected chi connectivity index (χ3v) is 4.45. The molecule has 0 bridgehead atoms. The van der Waals surface area contributed by atoms with Crippen molar-refractivity contribution in [1.82, 2.24) is 19.1 Å². The third kappa shape index (κ3) is 6.29. The first-order chi connectivity index (χ1) is 15.7. The summed E-state index contributed by atoms with van der Waals surface area (Å²) in [6.07, 6.45) is 1.41. The van der Waals surface area contributed by atoms with E-state index in [0.717, 1.165) is 6.42 Å². The number of carboxylic acid groups (broad SMARTS) is 1. The number of hydrogen-bond acceptors (Lipinski definition) is 7. The lowest BCUT2D eigenvalue weighted by Crippen LogP contribution is -2.40. The zero-order valence-electron chi connectivity index (χ0n) is 18.5. The number of ether oxygens (including phenoxy) is 1. The molecule has 0 aliphatic heterocycles. The second-order valence-corrected chi connectivity index (χ2v) is 7.05. The molecule has 0 aliphatic carbocycles. The number of carbonyl (C=O) groups excluding carboxylic acids is 1. The Kier molecular flexibility index (Phi) is 8.92. The van der Waals surface area contributed by atoms with Gasteiger partial charge in [-0.15, -0.1) is 0 Å². The molecule has 0 fully saturated rings. The van der Waals surface area contributed by atoms with E-state index < -0.39 is 18.5 Å². The minimum Gasteiger partial charge on any atom is -0.482 e. The SMILES string of the molecule is CCCn1c(=O)c2[nH]c(-c3ccc(OCC(=O)O)cc3)nc2n(CCC)c1=O.NCC(N)=O. The topological polar surface area (TPSA) is 188 Å². The number of aryl methyl sites for hydroxylation is 1. The van der Waals surface area contributed by atoms with Crippen LogP contribution in [-0.4, -0.2) is 49.2 Å².